The number of ether oxygens (including phenoxy) is 4. The summed E-state index contributed by atoms with van der Waals surface area (Å²) >= 11 is 0. The first-order valence-corrected chi connectivity index (χ1v) is 16.6. The van der Waals surface area contributed by atoms with Gasteiger partial charge in [-0.1, -0.05) is 64.1 Å². The van der Waals surface area contributed by atoms with Crippen LogP contribution in [0.3, 0.4) is 0 Å². The molecule has 8 nitrogen and oxygen atoms in total. The van der Waals surface area contributed by atoms with Gasteiger partial charge in [0, 0.05) is 10.8 Å². The number of carbonyl (C=O) groups excluding carboxylic acids is 4. The Balaban J connectivity index is 1.06. The van der Waals surface area contributed by atoms with Crippen LogP contribution in [-0.4, -0.2) is 35.1 Å². The van der Waals surface area contributed by atoms with Crippen molar-refractivity contribution < 1.29 is 38.1 Å². The van der Waals surface area contributed by atoms with Crippen LogP contribution >= 0.6 is 0 Å². The molecule has 4 atom stereocenters. The van der Waals surface area contributed by atoms with E-state index < -0.39 is 44.8 Å². The van der Waals surface area contributed by atoms with Crippen LogP contribution in [0, 0.1) is 21.7 Å². The molecule has 8 aliphatic rings. The summed E-state index contributed by atoms with van der Waals surface area (Å²) in [6.07, 6.45) is 5.15. The molecule has 4 fully saturated rings. The molecule has 0 aromatic heterocycles. The summed E-state index contributed by atoms with van der Waals surface area (Å²) in [7, 11) is 0. The van der Waals surface area contributed by atoms with E-state index in [-0.39, 0.29) is 25.2 Å². The normalized spacial score (nSPS) is 32.9. The molecule has 6 aliphatic carbocycles. The lowest BCUT2D eigenvalue weighted by atomic mass is 9.66. The zero-order valence-corrected chi connectivity index (χ0v) is 27.8. The average molecular weight is 629 g/mol. The molecule has 2 aromatic rings. The van der Waals surface area contributed by atoms with Gasteiger partial charge < -0.3 is 18.9 Å². The van der Waals surface area contributed by atoms with E-state index in [1.165, 1.54) is 0 Å². The van der Waals surface area contributed by atoms with Gasteiger partial charge in [0.05, 0.1) is 10.8 Å². The van der Waals surface area contributed by atoms with Crippen molar-refractivity contribution in [2.24, 2.45) is 21.7 Å². The first-order valence-electron chi connectivity index (χ1n) is 16.6. The Morgan fingerprint density at radius 3 is 1.33 bits per heavy atom. The number of hydrogen-bond donors (Lipinski definition) is 0. The summed E-state index contributed by atoms with van der Waals surface area (Å²) in [5.74, 6) is -1.55. The summed E-state index contributed by atoms with van der Waals surface area (Å²) < 4.78 is 23.4. The summed E-state index contributed by atoms with van der Waals surface area (Å²) in [6, 6.07) is 12.7. The fraction of sp³-hybridized carbons (Fsp3) is 0.579. The number of rotatable bonds is 6. The highest BCUT2D eigenvalue weighted by molar-refractivity contribution is 5.94. The molecular weight excluding hydrogens is 584 g/mol. The maximum Gasteiger partial charge on any atom is 0.351 e. The zero-order valence-electron chi connectivity index (χ0n) is 27.8. The van der Waals surface area contributed by atoms with Crippen molar-refractivity contribution in [1.82, 2.24) is 0 Å². The molecule has 0 radical (unpaired) electrons. The van der Waals surface area contributed by atoms with Crippen LogP contribution in [0.5, 0.6) is 0 Å². The summed E-state index contributed by atoms with van der Waals surface area (Å²) in [6.45, 7) is 11.8. The minimum absolute atomic E-state index is 0.120. The van der Waals surface area contributed by atoms with E-state index in [9.17, 15) is 19.2 Å². The monoisotopic (exact) mass is 628 g/mol. The van der Waals surface area contributed by atoms with E-state index in [1.807, 2.05) is 41.5 Å². The highest BCUT2D eigenvalue weighted by Crippen LogP contribution is 2.67. The van der Waals surface area contributed by atoms with E-state index in [0.29, 0.717) is 25.7 Å². The third-order valence-corrected chi connectivity index (χ3v) is 13.5. The van der Waals surface area contributed by atoms with Gasteiger partial charge in [0.25, 0.3) is 0 Å². The van der Waals surface area contributed by atoms with Gasteiger partial charge in [-0.25, -0.2) is 9.59 Å². The topological polar surface area (TPSA) is 105 Å². The van der Waals surface area contributed by atoms with Gasteiger partial charge in [-0.3, -0.25) is 9.59 Å². The van der Waals surface area contributed by atoms with Crippen molar-refractivity contribution in [1.29, 1.82) is 0 Å². The molecule has 2 saturated carbocycles. The van der Waals surface area contributed by atoms with Crippen molar-refractivity contribution in [3.05, 3.63) is 69.8 Å². The molecule has 4 unspecified atom stereocenters. The van der Waals surface area contributed by atoms with Crippen LogP contribution < -0.4 is 0 Å². The molecule has 2 aliphatic heterocycles. The van der Waals surface area contributed by atoms with Gasteiger partial charge in [-0.05, 0) is 98.6 Å². The van der Waals surface area contributed by atoms with Crippen molar-refractivity contribution in [2.45, 2.75) is 117 Å². The quantitative estimate of drug-likeness (QED) is 0.288. The van der Waals surface area contributed by atoms with E-state index >= 15 is 0 Å². The molecule has 244 valence electrons. The van der Waals surface area contributed by atoms with Crippen molar-refractivity contribution >= 4 is 23.9 Å². The van der Waals surface area contributed by atoms with Crippen LogP contribution in [0.4, 0.5) is 0 Å². The lowest BCUT2D eigenvalue weighted by Crippen LogP contribution is -2.48. The Bertz CT molecular complexity index is 1560. The Kier molecular flexibility index (Phi) is 6.67. The van der Waals surface area contributed by atoms with Crippen LogP contribution in [0.15, 0.2) is 36.4 Å². The van der Waals surface area contributed by atoms with Gasteiger partial charge in [-0.15, -0.1) is 0 Å². The second kappa shape index (κ2) is 9.91. The minimum atomic E-state index is -1.25. The highest BCUT2D eigenvalue weighted by Gasteiger charge is 2.77. The highest BCUT2D eigenvalue weighted by atomic mass is 16.6. The Hall–Kier alpha value is -3.68. The lowest BCUT2D eigenvalue weighted by Gasteiger charge is -2.34. The average Bonchev–Trinajstić information content (AvgIpc) is 3.48. The van der Waals surface area contributed by atoms with Crippen LogP contribution in [0.1, 0.15) is 101 Å². The fourth-order valence-corrected chi connectivity index (χ4v) is 8.91. The second-order valence-corrected chi connectivity index (χ2v) is 15.7. The van der Waals surface area contributed by atoms with E-state index in [4.69, 9.17) is 18.9 Å². The van der Waals surface area contributed by atoms with Crippen molar-refractivity contribution in [3.63, 3.8) is 0 Å². The molecule has 2 heterocycles. The second-order valence-electron chi connectivity index (χ2n) is 15.7. The standard InChI is InChI=1S/C38H44O8/c1-33(2)35(5)15-17-37(33,45-29(35)39)31(41)43-21-27-19-23-7-11-25(27)13-9-24-8-12-26(14-10-23)28(20-24)22-44-32(42)38-18-16-36(6,30(40)46-38)34(38,3)4/h7-8,11-12,19-20H,9-10,13-18,21-22H2,1-6H3. The molecule has 2 aromatic carbocycles. The maximum atomic E-state index is 13.6. The molecule has 8 bridgehead atoms. The predicted molar refractivity (Wildman–Crippen MR) is 167 cm³/mol. The Labute approximate surface area is 270 Å². The summed E-state index contributed by atoms with van der Waals surface area (Å²) in [5, 5.41) is 0. The Morgan fingerprint density at radius 2 is 1.00 bits per heavy atom. The van der Waals surface area contributed by atoms with Crippen LogP contribution in [-0.2, 0) is 77.0 Å². The number of esters is 4. The Morgan fingerprint density at radius 1 is 0.609 bits per heavy atom. The number of hydrogen-bond acceptors (Lipinski definition) is 8. The first kappa shape index (κ1) is 30.9. The number of fused-ring (bicyclic) bond motifs is 4. The maximum absolute atomic E-state index is 13.6. The van der Waals surface area contributed by atoms with Gasteiger partial charge in [0.1, 0.15) is 13.2 Å². The smallest absolute Gasteiger partial charge is 0.351 e. The fourth-order valence-electron chi connectivity index (χ4n) is 8.91. The van der Waals surface area contributed by atoms with Crippen LogP contribution in [0.2, 0.25) is 0 Å². The van der Waals surface area contributed by atoms with E-state index in [0.717, 1.165) is 59.1 Å². The van der Waals surface area contributed by atoms with E-state index in [2.05, 4.69) is 36.4 Å². The number of benzene rings is 2. The molecule has 0 amide bonds. The van der Waals surface area contributed by atoms with Crippen molar-refractivity contribution in [2.75, 3.05) is 0 Å². The molecule has 8 heteroatoms. The van der Waals surface area contributed by atoms with Crippen molar-refractivity contribution in [3.8, 4) is 0 Å². The number of aryl methyl sites for hydroxylation is 4. The SMILES string of the molecule is CC12CCC(C(=O)OCc3cc4ccc3CCc3ccc(c(COC(=O)C56CCC(C)(C(=O)O5)C6(C)C)c3)CC4)(OC1=O)C2(C)C. The van der Waals surface area contributed by atoms with Crippen LogP contribution in [0.25, 0.3) is 0 Å². The molecular formula is C38H44O8. The molecule has 2 saturated heterocycles. The van der Waals surface area contributed by atoms with Gasteiger partial charge in [0.15, 0.2) is 0 Å². The third-order valence-electron chi connectivity index (χ3n) is 13.5. The molecule has 0 N–H and O–H groups in total. The largest absolute Gasteiger partial charge is 0.458 e. The zero-order chi connectivity index (χ0) is 32.9. The van der Waals surface area contributed by atoms with Gasteiger partial charge >= 0.3 is 23.9 Å². The predicted octanol–water partition coefficient (Wildman–Crippen LogP) is 5.90. The minimum Gasteiger partial charge on any atom is -0.458 e. The summed E-state index contributed by atoms with van der Waals surface area (Å²) in [5.41, 5.74) is 1.19. The third kappa shape index (κ3) is 3.91. The lowest BCUT2D eigenvalue weighted by molar-refractivity contribution is -0.184. The van der Waals surface area contributed by atoms with E-state index in [1.54, 1.807) is 0 Å². The molecule has 10 rings (SSSR count). The molecule has 0 spiro atoms. The van der Waals surface area contributed by atoms with Gasteiger partial charge in [0.2, 0.25) is 11.2 Å². The summed E-state index contributed by atoms with van der Waals surface area (Å²) in [4.78, 5) is 52.5. The molecule has 46 heavy (non-hydrogen) atoms. The number of carbonyl (C=O) groups is 4. The first-order chi connectivity index (χ1) is 21.6. The van der Waals surface area contributed by atoms with Gasteiger partial charge in [-0.2, -0.15) is 0 Å².